The van der Waals surface area contributed by atoms with Crippen molar-refractivity contribution in [2.24, 2.45) is 0 Å². The Kier molecular flexibility index (Phi) is 6.25. The highest BCUT2D eigenvalue weighted by Crippen LogP contribution is 2.37. The molecule has 2 unspecified atom stereocenters. The number of ether oxygens (including phenoxy) is 1. The van der Waals surface area contributed by atoms with Crippen LogP contribution in [0.1, 0.15) is 36.4 Å². The Morgan fingerprint density at radius 3 is 2.52 bits per heavy atom. The molecule has 0 aliphatic carbocycles. The number of hydrogen-bond donors (Lipinski definition) is 1. The Morgan fingerprint density at radius 2 is 1.89 bits per heavy atom. The Labute approximate surface area is 167 Å². The topological polar surface area (TPSA) is 49.8 Å². The number of carboxylic acid groups (broad SMARTS) is 1. The summed E-state index contributed by atoms with van der Waals surface area (Å²) in [5.74, 6) is -1.24. The van der Waals surface area contributed by atoms with Crippen LogP contribution in [0.25, 0.3) is 0 Å². The molecule has 1 aliphatic heterocycles. The maximum absolute atomic E-state index is 14.4. The first-order valence-electron chi connectivity index (χ1n) is 8.69. The molecule has 0 saturated carbocycles. The molecule has 144 valence electrons. The van der Waals surface area contributed by atoms with Crippen molar-refractivity contribution in [3.8, 4) is 5.75 Å². The number of hydrogen-bond acceptors (Lipinski definition) is 3. The van der Waals surface area contributed by atoms with E-state index in [0.717, 1.165) is 18.4 Å². The zero-order chi connectivity index (χ0) is 19.6. The van der Waals surface area contributed by atoms with Crippen LogP contribution >= 0.6 is 23.2 Å². The minimum atomic E-state index is -0.881. The first kappa shape index (κ1) is 19.9. The van der Waals surface area contributed by atoms with Gasteiger partial charge >= 0.3 is 5.97 Å². The lowest BCUT2D eigenvalue weighted by atomic mass is 9.91. The van der Waals surface area contributed by atoms with Crippen LogP contribution in [0.3, 0.4) is 0 Å². The number of likely N-dealkylation sites (tertiary alicyclic amines) is 1. The van der Waals surface area contributed by atoms with E-state index in [1.807, 2.05) is 4.90 Å². The standard InChI is InChI=1S/C20H20Cl2FNO3/c1-27-18-8-6-13(11-16(18)23)19(12-5-7-14(21)15(22)10-12)24-9-3-2-4-17(24)20(25)26/h5-8,10-11,17,19H,2-4,9H2,1H3,(H,25,26). The van der Waals surface area contributed by atoms with E-state index in [2.05, 4.69) is 0 Å². The second kappa shape index (κ2) is 8.46. The van der Waals surface area contributed by atoms with Crippen LogP contribution in [0, 0.1) is 5.82 Å². The quantitative estimate of drug-likeness (QED) is 0.736. The van der Waals surface area contributed by atoms with Crippen LogP contribution in [0.4, 0.5) is 4.39 Å². The lowest BCUT2D eigenvalue weighted by Crippen LogP contribution is -2.46. The van der Waals surface area contributed by atoms with Crippen LogP contribution in [0.2, 0.25) is 10.0 Å². The third-order valence-corrected chi connectivity index (χ3v) is 5.65. The molecule has 2 atom stereocenters. The number of piperidine rings is 1. The van der Waals surface area contributed by atoms with Crippen molar-refractivity contribution in [1.29, 1.82) is 0 Å². The summed E-state index contributed by atoms with van der Waals surface area (Å²) < 4.78 is 19.4. The van der Waals surface area contributed by atoms with E-state index in [-0.39, 0.29) is 5.75 Å². The summed E-state index contributed by atoms with van der Waals surface area (Å²) in [5.41, 5.74) is 1.40. The number of benzene rings is 2. The van der Waals surface area contributed by atoms with Gasteiger partial charge in [0.05, 0.1) is 23.2 Å². The van der Waals surface area contributed by atoms with E-state index in [0.29, 0.717) is 28.6 Å². The van der Waals surface area contributed by atoms with Gasteiger partial charge in [0.2, 0.25) is 0 Å². The Balaban J connectivity index is 2.12. The molecule has 2 aromatic carbocycles. The van der Waals surface area contributed by atoms with Gasteiger partial charge in [0, 0.05) is 0 Å². The summed E-state index contributed by atoms with van der Waals surface area (Å²) in [6.45, 7) is 0.593. The molecule has 0 aromatic heterocycles. The monoisotopic (exact) mass is 411 g/mol. The molecular formula is C20H20Cl2FNO3. The normalized spacial score (nSPS) is 18.9. The molecule has 1 fully saturated rings. The minimum absolute atomic E-state index is 0.139. The number of aliphatic carboxylic acids is 1. The fraction of sp³-hybridized carbons (Fsp3) is 0.350. The summed E-state index contributed by atoms with van der Waals surface area (Å²) in [4.78, 5) is 13.7. The summed E-state index contributed by atoms with van der Waals surface area (Å²) >= 11 is 12.2. The Bertz CT molecular complexity index is 846. The fourth-order valence-electron chi connectivity index (χ4n) is 3.64. The SMILES string of the molecule is COc1ccc(C(c2ccc(Cl)c(Cl)c2)N2CCCCC2C(=O)O)cc1F. The van der Waals surface area contributed by atoms with Crippen LogP contribution in [0.5, 0.6) is 5.75 Å². The Hall–Kier alpha value is -1.82. The summed E-state index contributed by atoms with van der Waals surface area (Å²) in [6, 6.07) is 8.77. The van der Waals surface area contributed by atoms with Crippen molar-refractivity contribution < 1.29 is 19.0 Å². The van der Waals surface area contributed by atoms with E-state index in [4.69, 9.17) is 27.9 Å². The molecule has 1 heterocycles. The molecule has 0 spiro atoms. The number of nitrogens with zero attached hydrogens (tertiary/aromatic N) is 1. The first-order chi connectivity index (χ1) is 12.9. The fourth-order valence-corrected chi connectivity index (χ4v) is 3.95. The van der Waals surface area contributed by atoms with Crippen molar-refractivity contribution in [3.05, 3.63) is 63.4 Å². The minimum Gasteiger partial charge on any atom is -0.494 e. The third-order valence-electron chi connectivity index (χ3n) is 4.91. The van der Waals surface area contributed by atoms with E-state index in [1.54, 1.807) is 30.3 Å². The van der Waals surface area contributed by atoms with Crippen LogP contribution in [-0.4, -0.2) is 35.7 Å². The molecule has 2 aromatic rings. The van der Waals surface area contributed by atoms with Gasteiger partial charge in [-0.15, -0.1) is 0 Å². The van der Waals surface area contributed by atoms with Crippen molar-refractivity contribution in [2.75, 3.05) is 13.7 Å². The zero-order valence-electron chi connectivity index (χ0n) is 14.8. The number of rotatable bonds is 5. The summed E-state index contributed by atoms with van der Waals surface area (Å²) in [5, 5.41) is 10.5. The number of carboxylic acids is 1. The first-order valence-corrected chi connectivity index (χ1v) is 9.45. The molecule has 27 heavy (non-hydrogen) atoms. The second-order valence-electron chi connectivity index (χ2n) is 6.56. The number of methoxy groups -OCH3 is 1. The van der Waals surface area contributed by atoms with Gasteiger partial charge in [-0.25, -0.2) is 4.39 Å². The van der Waals surface area contributed by atoms with Gasteiger partial charge in [-0.05, 0) is 54.8 Å². The maximum Gasteiger partial charge on any atom is 0.320 e. The largest absolute Gasteiger partial charge is 0.494 e. The van der Waals surface area contributed by atoms with Gasteiger partial charge in [0.15, 0.2) is 11.6 Å². The molecular weight excluding hydrogens is 392 g/mol. The smallest absolute Gasteiger partial charge is 0.320 e. The highest BCUT2D eigenvalue weighted by Gasteiger charge is 2.35. The Morgan fingerprint density at radius 1 is 1.19 bits per heavy atom. The zero-order valence-corrected chi connectivity index (χ0v) is 16.3. The second-order valence-corrected chi connectivity index (χ2v) is 7.37. The average molecular weight is 412 g/mol. The van der Waals surface area contributed by atoms with E-state index in [9.17, 15) is 14.3 Å². The molecule has 0 amide bonds. The molecule has 3 rings (SSSR count). The molecule has 0 radical (unpaired) electrons. The molecule has 0 bridgehead atoms. The number of carbonyl (C=O) groups is 1. The van der Waals surface area contributed by atoms with E-state index >= 15 is 0 Å². The predicted octanol–water partition coefficient (Wildman–Crippen LogP) is 5.17. The molecule has 1 N–H and O–H groups in total. The molecule has 7 heteroatoms. The van der Waals surface area contributed by atoms with Gasteiger partial charge in [0.1, 0.15) is 6.04 Å². The van der Waals surface area contributed by atoms with Gasteiger partial charge in [0.25, 0.3) is 0 Å². The molecule has 1 aliphatic rings. The van der Waals surface area contributed by atoms with E-state index < -0.39 is 23.9 Å². The maximum atomic E-state index is 14.4. The highest BCUT2D eigenvalue weighted by molar-refractivity contribution is 6.42. The molecule has 4 nitrogen and oxygen atoms in total. The lowest BCUT2D eigenvalue weighted by molar-refractivity contribution is -0.145. The van der Waals surface area contributed by atoms with Crippen LogP contribution < -0.4 is 4.74 Å². The van der Waals surface area contributed by atoms with Crippen molar-refractivity contribution in [3.63, 3.8) is 0 Å². The average Bonchev–Trinajstić information content (AvgIpc) is 2.65. The summed E-state index contributed by atoms with van der Waals surface area (Å²) in [6.07, 6.45) is 2.27. The third kappa shape index (κ3) is 4.21. The highest BCUT2D eigenvalue weighted by atomic mass is 35.5. The van der Waals surface area contributed by atoms with Gasteiger partial charge in [-0.3, -0.25) is 9.69 Å². The van der Waals surface area contributed by atoms with Gasteiger partial charge in [-0.2, -0.15) is 0 Å². The van der Waals surface area contributed by atoms with Crippen molar-refractivity contribution >= 4 is 29.2 Å². The van der Waals surface area contributed by atoms with E-state index in [1.165, 1.54) is 13.2 Å². The van der Waals surface area contributed by atoms with Gasteiger partial charge < -0.3 is 9.84 Å². The summed E-state index contributed by atoms with van der Waals surface area (Å²) in [7, 11) is 1.40. The van der Waals surface area contributed by atoms with Crippen molar-refractivity contribution in [1.82, 2.24) is 4.90 Å². The van der Waals surface area contributed by atoms with Crippen molar-refractivity contribution in [2.45, 2.75) is 31.3 Å². The predicted molar refractivity (Wildman–Crippen MR) is 103 cm³/mol. The number of halogens is 3. The van der Waals surface area contributed by atoms with Crippen LogP contribution in [0.15, 0.2) is 36.4 Å². The van der Waals surface area contributed by atoms with Crippen LogP contribution in [-0.2, 0) is 4.79 Å². The lowest BCUT2D eigenvalue weighted by Gasteiger charge is -2.39. The molecule has 1 saturated heterocycles. The van der Waals surface area contributed by atoms with Gasteiger partial charge in [-0.1, -0.05) is 41.8 Å².